The van der Waals surface area contributed by atoms with E-state index in [4.69, 9.17) is 24.5 Å². The van der Waals surface area contributed by atoms with Crippen molar-refractivity contribution >= 4 is 22.7 Å². The Bertz CT molecular complexity index is 595. The molecule has 0 saturated carbocycles. The summed E-state index contributed by atoms with van der Waals surface area (Å²) in [7, 11) is 1.92. The Morgan fingerprint density at radius 2 is 1.67 bits per heavy atom. The predicted octanol–water partition coefficient (Wildman–Crippen LogP) is 1.59. The molecule has 0 spiro atoms. The lowest BCUT2D eigenvalue weighted by atomic mass is 10.1. The molecule has 0 fully saturated rings. The lowest BCUT2D eigenvalue weighted by molar-refractivity contribution is -0.159. The summed E-state index contributed by atoms with van der Waals surface area (Å²) in [6, 6.07) is 14.4. The minimum atomic E-state index is -1.82. The van der Waals surface area contributed by atoms with Crippen LogP contribution in [0.1, 0.15) is 0 Å². The van der Waals surface area contributed by atoms with Gasteiger partial charge in [0.15, 0.2) is 0 Å². The number of fused-ring (bicyclic) bond motifs is 1. The van der Waals surface area contributed by atoms with Crippen molar-refractivity contribution in [2.75, 3.05) is 20.2 Å². The van der Waals surface area contributed by atoms with Gasteiger partial charge in [-0.15, -0.1) is 0 Å². The number of carboxylic acids is 2. The second kappa shape index (κ2) is 8.55. The van der Waals surface area contributed by atoms with Gasteiger partial charge in [0.2, 0.25) is 0 Å². The number of carbonyl (C=O) groups is 2. The van der Waals surface area contributed by atoms with Gasteiger partial charge in [-0.05, 0) is 18.5 Å². The van der Waals surface area contributed by atoms with Crippen molar-refractivity contribution in [1.82, 2.24) is 5.32 Å². The van der Waals surface area contributed by atoms with Crippen molar-refractivity contribution in [3.05, 3.63) is 42.5 Å². The van der Waals surface area contributed by atoms with Crippen LogP contribution in [0.15, 0.2) is 42.5 Å². The molecule has 0 aliphatic heterocycles. The van der Waals surface area contributed by atoms with Gasteiger partial charge in [-0.3, -0.25) is 0 Å². The molecule has 6 nitrogen and oxygen atoms in total. The van der Waals surface area contributed by atoms with Gasteiger partial charge in [-0.2, -0.15) is 0 Å². The molecule has 6 heteroatoms. The molecule has 0 amide bonds. The smallest absolute Gasteiger partial charge is 0.414 e. The third-order valence-corrected chi connectivity index (χ3v) is 2.54. The summed E-state index contributed by atoms with van der Waals surface area (Å²) in [4.78, 5) is 18.2. The molecule has 112 valence electrons. The van der Waals surface area contributed by atoms with Crippen molar-refractivity contribution in [3.63, 3.8) is 0 Å². The maximum atomic E-state index is 9.10. The van der Waals surface area contributed by atoms with Crippen LogP contribution in [0.2, 0.25) is 0 Å². The Morgan fingerprint density at radius 1 is 1.05 bits per heavy atom. The number of benzene rings is 2. The van der Waals surface area contributed by atoms with Gasteiger partial charge in [0, 0.05) is 11.9 Å². The molecular formula is C15H17NO5. The van der Waals surface area contributed by atoms with Crippen molar-refractivity contribution in [3.8, 4) is 5.75 Å². The number of hydrogen-bond acceptors (Lipinski definition) is 4. The topological polar surface area (TPSA) is 95.9 Å². The third-order valence-electron chi connectivity index (χ3n) is 2.54. The van der Waals surface area contributed by atoms with E-state index in [1.165, 1.54) is 10.8 Å². The first-order valence-corrected chi connectivity index (χ1v) is 6.27. The first-order chi connectivity index (χ1) is 10.1. The zero-order valence-corrected chi connectivity index (χ0v) is 11.6. The molecule has 0 unspecified atom stereocenters. The van der Waals surface area contributed by atoms with Crippen LogP contribution >= 0.6 is 0 Å². The molecule has 2 rings (SSSR count). The molecule has 0 aromatic heterocycles. The average molecular weight is 291 g/mol. The maximum absolute atomic E-state index is 9.10. The van der Waals surface area contributed by atoms with Crippen LogP contribution in [0.4, 0.5) is 0 Å². The summed E-state index contributed by atoms with van der Waals surface area (Å²) in [6.07, 6.45) is 0. The molecule has 2 aromatic rings. The monoisotopic (exact) mass is 291 g/mol. The van der Waals surface area contributed by atoms with Crippen molar-refractivity contribution in [2.45, 2.75) is 0 Å². The Kier molecular flexibility index (Phi) is 6.70. The molecule has 2 aromatic carbocycles. The zero-order chi connectivity index (χ0) is 15.7. The van der Waals surface area contributed by atoms with Crippen LogP contribution in [0.3, 0.4) is 0 Å². The van der Waals surface area contributed by atoms with E-state index in [0.29, 0.717) is 6.61 Å². The summed E-state index contributed by atoms with van der Waals surface area (Å²) in [5, 5.41) is 20.2. The fourth-order valence-corrected chi connectivity index (χ4v) is 1.58. The van der Waals surface area contributed by atoms with Crippen LogP contribution in [-0.2, 0) is 9.59 Å². The second-order valence-electron chi connectivity index (χ2n) is 4.04. The minimum Gasteiger partial charge on any atom is -0.492 e. The van der Waals surface area contributed by atoms with Crippen molar-refractivity contribution in [2.24, 2.45) is 0 Å². The summed E-state index contributed by atoms with van der Waals surface area (Å²) >= 11 is 0. The lowest BCUT2D eigenvalue weighted by Crippen LogP contribution is -2.15. The Labute approximate surface area is 122 Å². The van der Waals surface area contributed by atoms with E-state index in [1.54, 1.807) is 0 Å². The van der Waals surface area contributed by atoms with Crippen LogP contribution in [0.5, 0.6) is 5.75 Å². The van der Waals surface area contributed by atoms with Crippen LogP contribution < -0.4 is 10.1 Å². The minimum absolute atomic E-state index is 0.699. The van der Waals surface area contributed by atoms with Gasteiger partial charge >= 0.3 is 11.9 Å². The molecule has 0 radical (unpaired) electrons. The van der Waals surface area contributed by atoms with Crippen LogP contribution in [0, 0.1) is 0 Å². The fourth-order valence-electron chi connectivity index (χ4n) is 1.58. The van der Waals surface area contributed by atoms with E-state index in [2.05, 4.69) is 23.5 Å². The number of aliphatic carboxylic acids is 2. The first-order valence-electron chi connectivity index (χ1n) is 6.27. The van der Waals surface area contributed by atoms with Gasteiger partial charge in [-0.25, -0.2) is 9.59 Å². The summed E-state index contributed by atoms with van der Waals surface area (Å²) in [5.41, 5.74) is 0. The molecule has 21 heavy (non-hydrogen) atoms. The Balaban J connectivity index is 0.000000315. The van der Waals surface area contributed by atoms with Crippen molar-refractivity contribution in [1.29, 1.82) is 0 Å². The van der Waals surface area contributed by atoms with Crippen LogP contribution in [0.25, 0.3) is 10.8 Å². The highest BCUT2D eigenvalue weighted by Crippen LogP contribution is 2.24. The quantitative estimate of drug-likeness (QED) is 0.585. The number of ether oxygens (including phenoxy) is 1. The maximum Gasteiger partial charge on any atom is 0.414 e. The number of carboxylic acid groups (broad SMARTS) is 2. The van der Waals surface area contributed by atoms with E-state index in [1.807, 2.05) is 31.3 Å². The molecule has 3 N–H and O–H groups in total. The number of rotatable bonds is 4. The van der Waals surface area contributed by atoms with E-state index in [9.17, 15) is 0 Å². The largest absolute Gasteiger partial charge is 0.492 e. The number of nitrogens with one attached hydrogen (secondary N) is 1. The van der Waals surface area contributed by atoms with E-state index in [-0.39, 0.29) is 0 Å². The van der Waals surface area contributed by atoms with Gasteiger partial charge in [0.25, 0.3) is 0 Å². The normalized spacial score (nSPS) is 9.57. The van der Waals surface area contributed by atoms with E-state index in [0.717, 1.165) is 12.3 Å². The number of likely N-dealkylation sites (N-methyl/N-ethyl adjacent to an activating group) is 1. The van der Waals surface area contributed by atoms with Gasteiger partial charge in [-0.1, -0.05) is 36.4 Å². The van der Waals surface area contributed by atoms with E-state index >= 15 is 0 Å². The summed E-state index contributed by atoms with van der Waals surface area (Å²) in [5.74, 6) is -2.69. The molecule has 0 atom stereocenters. The molecule has 0 saturated heterocycles. The number of hydrogen-bond donors (Lipinski definition) is 3. The zero-order valence-electron chi connectivity index (χ0n) is 11.6. The van der Waals surface area contributed by atoms with Crippen molar-refractivity contribution < 1.29 is 24.5 Å². The lowest BCUT2D eigenvalue weighted by Gasteiger charge is -2.08. The molecule has 0 bridgehead atoms. The molecule has 0 heterocycles. The van der Waals surface area contributed by atoms with Gasteiger partial charge < -0.3 is 20.3 Å². The SMILES string of the molecule is CNCCOc1cccc2ccccc12.O=C(O)C(=O)O. The van der Waals surface area contributed by atoms with Gasteiger partial charge in [0.1, 0.15) is 12.4 Å². The highest BCUT2D eigenvalue weighted by atomic mass is 16.5. The first kappa shape index (κ1) is 16.5. The predicted molar refractivity (Wildman–Crippen MR) is 78.6 cm³/mol. The second-order valence-corrected chi connectivity index (χ2v) is 4.04. The average Bonchev–Trinajstić information content (AvgIpc) is 2.48. The fraction of sp³-hybridized carbons (Fsp3) is 0.200. The highest BCUT2D eigenvalue weighted by Gasteiger charge is 2.04. The summed E-state index contributed by atoms with van der Waals surface area (Å²) < 4.78 is 5.70. The Hall–Kier alpha value is -2.60. The highest BCUT2D eigenvalue weighted by molar-refractivity contribution is 6.27. The summed E-state index contributed by atoms with van der Waals surface area (Å²) in [6.45, 7) is 1.56. The van der Waals surface area contributed by atoms with E-state index < -0.39 is 11.9 Å². The molecular weight excluding hydrogens is 274 g/mol. The molecule has 0 aliphatic carbocycles. The van der Waals surface area contributed by atoms with Gasteiger partial charge in [0.05, 0.1) is 0 Å². The standard InChI is InChI=1S/C13H15NO.C2H2O4/c1-14-9-10-15-13-8-4-6-11-5-2-3-7-12(11)13;3-1(4)2(5)6/h2-8,14H,9-10H2,1H3;(H,3,4)(H,5,6). The Morgan fingerprint density at radius 3 is 2.29 bits per heavy atom. The molecule has 0 aliphatic rings. The van der Waals surface area contributed by atoms with Crippen LogP contribution in [-0.4, -0.2) is 42.4 Å². The third kappa shape index (κ3) is 5.50.